The van der Waals surface area contributed by atoms with Gasteiger partial charge in [0.15, 0.2) is 0 Å². The summed E-state index contributed by atoms with van der Waals surface area (Å²) in [6, 6.07) is 3.49. The lowest BCUT2D eigenvalue weighted by molar-refractivity contribution is 0.356. The van der Waals surface area contributed by atoms with Crippen molar-refractivity contribution >= 4 is 15.7 Å². The standard InChI is InChI=1S/C14H22N2O2S/c1-9-7-13(15)8-10(2)14(9)19(17,18)16(4)11(3)12-5-6-12/h7-8,11-12H,5-6,15H2,1-4H3. The topological polar surface area (TPSA) is 63.4 Å². The molecule has 0 aromatic heterocycles. The third-order valence-corrected chi connectivity index (χ3v) is 6.25. The average Bonchev–Trinajstić information content (AvgIpc) is 3.08. The van der Waals surface area contributed by atoms with Gasteiger partial charge in [0.2, 0.25) is 10.0 Å². The first-order valence-electron chi connectivity index (χ1n) is 6.60. The largest absolute Gasteiger partial charge is 0.399 e. The molecule has 19 heavy (non-hydrogen) atoms. The maximum atomic E-state index is 12.7. The number of sulfonamides is 1. The van der Waals surface area contributed by atoms with Crippen LogP contribution in [0.3, 0.4) is 0 Å². The van der Waals surface area contributed by atoms with Crippen LogP contribution in [0.5, 0.6) is 0 Å². The van der Waals surface area contributed by atoms with Gasteiger partial charge in [-0.25, -0.2) is 8.42 Å². The molecule has 1 aliphatic carbocycles. The number of benzene rings is 1. The predicted molar refractivity (Wildman–Crippen MR) is 77.5 cm³/mol. The molecule has 0 bridgehead atoms. The molecule has 4 nitrogen and oxygen atoms in total. The summed E-state index contributed by atoms with van der Waals surface area (Å²) in [5, 5.41) is 0. The smallest absolute Gasteiger partial charge is 0.243 e. The third-order valence-electron chi connectivity index (χ3n) is 4.00. The van der Waals surface area contributed by atoms with Crippen molar-refractivity contribution in [1.82, 2.24) is 4.31 Å². The Kier molecular flexibility index (Phi) is 3.62. The lowest BCUT2D eigenvalue weighted by Gasteiger charge is -2.26. The van der Waals surface area contributed by atoms with Crippen molar-refractivity contribution in [3.63, 3.8) is 0 Å². The molecule has 106 valence electrons. The molecule has 0 amide bonds. The molecule has 0 heterocycles. The van der Waals surface area contributed by atoms with Crippen LogP contribution in [0, 0.1) is 19.8 Å². The average molecular weight is 282 g/mol. The van der Waals surface area contributed by atoms with Crippen molar-refractivity contribution in [1.29, 1.82) is 0 Å². The van der Waals surface area contributed by atoms with Crippen LogP contribution in [0.15, 0.2) is 17.0 Å². The van der Waals surface area contributed by atoms with E-state index >= 15 is 0 Å². The molecular formula is C14H22N2O2S. The molecule has 1 fully saturated rings. The molecule has 0 radical (unpaired) electrons. The maximum absolute atomic E-state index is 12.7. The first-order chi connectivity index (χ1) is 8.75. The Morgan fingerprint density at radius 2 is 1.74 bits per heavy atom. The second-order valence-electron chi connectivity index (χ2n) is 5.58. The Bertz CT molecular complexity index is 568. The zero-order chi connectivity index (χ0) is 14.4. The summed E-state index contributed by atoms with van der Waals surface area (Å²) >= 11 is 0. The van der Waals surface area contributed by atoms with Gasteiger partial charge in [-0.15, -0.1) is 0 Å². The van der Waals surface area contributed by atoms with Gasteiger partial charge in [-0.1, -0.05) is 0 Å². The molecule has 1 aliphatic rings. The minimum absolute atomic E-state index is 0.0568. The molecule has 1 saturated carbocycles. The van der Waals surface area contributed by atoms with E-state index in [-0.39, 0.29) is 6.04 Å². The van der Waals surface area contributed by atoms with Crippen molar-refractivity contribution in [2.24, 2.45) is 5.92 Å². The van der Waals surface area contributed by atoms with E-state index in [4.69, 9.17) is 5.73 Å². The lowest BCUT2D eigenvalue weighted by Crippen LogP contribution is -2.37. The van der Waals surface area contributed by atoms with Crippen LogP contribution in [0.2, 0.25) is 0 Å². The van der Waals surface area contributed by atoms with Gasteiger partial charge in [-0.3, -0.25) is 0 Å². The highest BCUT2D eigenvalue weighted by Gasteiger charge is 2.37. The van der Waals surface area contributed by atoms with Crippen molar-refractivity contribution in [3.8, 4) is 0 Å². The molecule has 5 heteroatoms. The predicted octanol–water partition coefficient (Wildman–Crippen LogP) is 2.30. The fourth-order valence-electron chi connectivity index (χ4n) is 2.63. The number of anilines is 1. The highest BCUT2D eigenvalue weighted by molar-refractivity contribution is 7.89. The highest BCUT2D eigenvalue weighted by atomic mass is 32.2. The van der Waals surface area contributed by atoms with Gasteiger partial charge in [-0.2, -0.15) is 4.31 Å². The van der Waals surface area contributed by atoms with Gasteiger partial charge in [-0.05, 0) is 62.8 Å². The van der Waals surface area contributed by atoms with E-state index in [0.29, 0.717) is 27.6 Å². The number of nitrogens with two attached hydrogens (primary N) is 1. The fraction of sp³-hybridized carbons (Fsp3) is 0.571. The number of nitrogens with zero attached hydrogens (tertiary/aromatic N) is 1. The molecule has 2 rings (SSSR count). The van der Waals surface area contributed by atoms with Crippen molar-refractivity contribution in [2.75, 3.05) is 12.8 Å². The van der Waals surface area contributed by atoms with E-state index in [9.17, 15) is 8.42 Å². The van der Waals surface area contributed by atoms with Gasteiger partial charge in [0, 0.05) is 18.8 Å². The SMILES string of the molecule is Cc1cc(N)cc(C)c1S(=O)(=O)N(C)C(C)C1CC1. The summed E-state index contributed by atoms with van der Waals surface area (Å²) in [6.07, 6.45) is 2.25. The number of hydrogen-bond acceptors (Lipinski definition) is 3. The Balaban J connectivity index is 2.44. The molecule has 1 atom stereocenters. The highest BCUT2D eigenvalue weighted by Crippen LogP contribution is 2.37. The molecule has 2 N–H and O–H groups in total. The molecule has 0 aliphatic heterocycles. The Morgan fingerprint density at radius 3 is 2.16 bits per heavy atom. The molecule has 0 saturated heterocycles. The van der Waals surface area contributed by atoms with Gasteiger partial charge in [0.1, 0.15) is 0 Å². The number of rotatable bonds is 4. The van der Waals surface area contributed by atoms with Gasteiger partial charge in [0.05, 0.1) is 4.90 Å². The zero-order valence-corrected chi connectivity index (χ0v) is 12.8. The van der Waals surface area contributed by atoms with Crippen molar-refractivity contribution in [2.45, 2.75) is 44.6 Å². The maximum Gasteiger partial charge on any atom is 0.243 e. The summed E-state index contributed by atoms with van der Waals surface area (Å²) in [7, 11) is -1.77. The summed E-state index contributed by atoms with van der Waals surface area (Å²) in [5.41, 5.74) is 7.79. The van der Waals surface area contributed by atoms with Crippen LogP contribution in [-0.2, 0) is 10.0 Å². The molecule has 1 unspecified atom stereocenters. The number of hydrogen-bond donors (Lipinski definition) is 1. The quantitative estimate of drug-likeness (QED) is 0.862. The summed E-state index contributed by atoms with van der Waals surface area (Å²) in [5.74, 6) is 0.508. The van der Waals surface area contributed by atoms with Crippen molar-refractivity contribution in [3.05, 3.63) is 23.3 Å². The Morgan fingerprint density at radius 1 is 1.26 bits per heavy atom. The van der Waals surface area contributed by atoms with Crippen LogP contribution >= 0.6 is 0 Å². The van der Waals surface area contributed by atoms with Crippen LogP contribution < -0.4 is 5.73 Å². The minimum Gasteiger partial charge on any atom is -0.399 e. The van der Waals surface area contributed by atoms with Gasteiger partial charge >= 0.3 is 0 Å². The molecular weight excluding hydrogens is 260 g/mol. The first kappa shape index (κ1) is 14.3. The van der Waals surface area contributed by atoms with E-state index in [1.54, 1.807) is 33.0 Å². The van der Waals surface area contributed by atoms with Crippen LogP contribution in [0.25, 0.3) is 0 Å². The second kappa shape index (κ2) is 4.80. The van der Waals surface area contributed by atoms with Crippen molar-refractivity contribution < 1.29 is 8.42 Å². The van der Waals surface area contributed by atoms with Gasteiger partial charge < -0.3 is 5.73 Å². The molecule has 0 spiro atoms. The number of nitrogen functional groups attached to an aromatic ring is 1. The fourth-order valence-corrected chi connectivity index (χ4v) is 4.46. The van der Waals surface area contributed by atoms with Crippen LogP contribution in [0.4, 0.5) is 5.69 Å². The zero-order valence-electron chi connectivity index (χ0n) is 12.0. The first-order valence-corrected chi connectivity index (χ1v) is 8.04. The van der Waals surface area contributed by atoms with E-state index in [1.807, 2.05) is 6.92 Å². The van der Waals surface area contributed by atoms with Crippen LogP contribution in [-0.4, -0.2) is 25.8 Å². The monoisotopic (exact) mass is 282 g/mol. The summed E-state index contributed by atoms with van der Waals surface area (Å²) in [6.45, 7) is 5.58. The van der Waals surface area contributed by atoms with Gasteiger partial charge in [0.25, 0.3) is 0 Å². The normalized spacial score (nSPS) is 17.7. The number of aryl methyl sites for hydroxylation is 2. The van der Waals surface area contributed by atoms with E-state index in [1.165, 1.54) is 4.31 Å². The third kappa shape index (κ3) is 2.62. The Hall–Kier alpha value is -1.07. The van der Waals surface area contributed by atoms with Crippen LogP contribution in [0.1, 0.15) is 30.9 Å². The Labute approximate surface area is 115 Å². The minimum atomic E-state index is -3.44. The lowest BCUT2D eigenvalue weighted by atomic mass is 10.1. The molecule has 1 aromatic rings. The van der Waals surface area contributed by atoms with E-state index < -0.39 is 10.0 Å². The van der Waals surface area contributed by atoms with E-state index in [0.717, 1.165) is 12.8 Å². The summed E-state index contributed by atoms with van der Waals surface area (Å²) < 4.78 is 27.0. The summed E-state index contributed by atoms with van der Waals surface area (Å²) in [4.78, 5) is 0.400. The molecule has 1 aromatic carbocycles. The second-order valence-corrected chi connectivity index (χ2v) is 7.52. The van der Waals surface area contributed by atoms with E-state index in [2.05, 4.69) is 0 Å².